The van der Waals surface area contributed by atoms with Crippen LogP contribution in [0.3, 0.4) is 0 Å². The first-order valence-corrected chi connectivity index (χ1v) is 6.33. The monoisotopic (exact) mass is 255 g/mol. The molecular weight excluding hydrogens is 233 g/mol. The van der Waals surface area contributed by atoms with E-state index in [0.717, 1.165) is 18.5 Å². The number of hydrogen-bond donors (Lipinski definition) is 1. The predicted octanol–water partition coefficient (Wildman–Crippen LogP) is 2.53. The van der Waals surface area contributed by atoms with Crippen molar-refractivity contribution in [1.29, 1.82) is 0 Å². The van der Waals surface area contributed by atoms with Crippen molar-refractivity contribution in [2.24, 2.45) is 0 Å². The lowest BCUT2D eigenvalue weighted by Gasteiger charge is -2.19. The first-order chi connectivity index (χ1) is 8.77. The van der Waals surface area contributed by atoms with Gasteiger partial charge in [0.1, 0.15) is 5.82 Å². The molecule has 1 N–H and O–H groups in total. The fourth-order valence-corrected chi connectivity index (χ4v) is 1.66. The van der Waals surface area contributed by atoms with E-state index >= 15 is 0 Å². The van der Waals surface area contributed by atoms with Gasteiger partial charge in [-0.05, 0) is 30.7 Å². The lowest BCUT2D eigenvalue weighted by atomic mass is 10.1. The molecule has 0 aliphatic rings. The molecule has 1 aromatic carbocycles. The molecule has 0 aliphatic heterocycles. The highest BCUT2D eigenvalue weighted by atomic mass is 19.1. The smallest absolute Gasteiger partial charge is 0.123 e. The average molecular weight is 255 g/mol. The summed E-state index contributed by atoms with van der Waals surface area (Å²) in [4.78, 5) is 0. The third-order valence-corrected chi connectivity index (χ3v) is 2.61. The van der Waals surface area contributed by atoms with E-state index in [9.17, 15) is 4.39 Å². The normalized spacial score (nSPS) is 12.6. The van der Waals surface area contributed by atoms with Gasteiger partial charge >= 0.3 is 0 Å². The number of halogens is 1. The average Bonchev–Trinajstić information content (AvgIpc) is 2.38. The molecule has 0 heterocycles. The number of rotatable bonds is 9. The van der Waals surface area contributed by atoms with Crippen LogP contribution in [0.2, 0.25) is 0 Å². The Bertz CT molecular complexity index is 333. The lowest BCUT2D eigenvalue weighted by molar-refractivity contribution is 0.0585. The topological polar surface area (TPSA) is 30.5 Å². The van der Waals surface area contributed by atoms with Crippen LogP contribution < -0.4 is 5.32 Å². The van der Waals surface area contributed by atoms with Crippen molar-refractivity contribution in [2.75, 3.05) is 33.5 Å². The van der Waals surface area contributed by atoms with Crippen molar-refractivity contribution in [3.8, 4) is 0 Å². The number of benzene rings is 1. The fraction of sp³-hybridized carbons (Fsp3) is 0.571. The van der Waals surface area contributed by atoms with Crippen LogP contribution in [-0.4, -0.2) is 33.5 Å². The van der Waals surface area contributed by atoms with Gasteiger partial charge in [-0.2, -0.15) is 0 Å². The Hall–Kier alpha value is -0.970. The minimum absolute atomic E-state index is 0.0255. The van der Waals surface area contributed by atoms with Crippen LogP contribution in [0.4, 0.5) is 4.39 Å². The minimum Gasteiger partial charge on any atom is -0.382 e. The van der Waals surface area contributed by atoms with Crippen LogP contribution in [0, 0.1) is 5.82 Å². The van der Waals surface area contributed by atoms with Crippen LogP contribution >= 0.6 is 0 Å². The van der Waals surface area contributed by atoms with Crippen molar-refractivity contribution >= 4 is 0 Å². The summed E-state index contributed by atoms with van der Waals surface area (Å²) < 4.78 is 23.6. The zero-order chi connectivity index (χ0) is 13.2. The van der Waals surface area contributed by atoms with Gasteiger partial charge in [0.05, 0.1) is 25.9 Å². The lowest BCUT2D eigenvalue weighted by Crippen LogP contribution is -2.27. The van der Waals surface area contributed by atoms with E-state index in [1.54, 1.807) is 19.2 Å². The van der Waals surface area contributed by atoms with Gasteiger partial charge in [-0.15, -0.1) is 0 Å². The number of nitrogens with one attached hydrogen (secondary N) is 1. The molecule has 3 nitrogen and oxygen atoms in total. The maximum absolute atomic E-state index is 13.2. The zero-order valence-electron chi connectivity index (χ0n) is 11.1. The first-order valence-electron chi connectivity index (χ1n) is 6.33. The van der Waals surface area contributed by atoms with Crippen LogP contribution in [0.15, 0.2) is 24.3 Å². The molecule has 1 atom stereocenters. The van der Waals surface area contributed by atoms with Crippen LogP contribution in [-0.2, 0) is 9.47 Å². The fourth-order valence-electron chi connectivity index (χ4n) is 1.66. The van der Waals surface area contributed by atoms with Crippen LogP contribution in [0.25, 0.3) is 0 Å². The zero-order valence-corrected chi connectivity index (χ0v) is 11.1. The molecule has 0 bridgehead atoms. The van der Waals surface area contributed by atoms with Gasteiger partial charge < -0.3 is 14.8 Å². The SMILES string of the molecule is CCCNC(COCCOC)c1cccc(F)c1. The van der Waals surface area contributed by atoms with Crippen molar-refractivity contribution < 1.29 is 13.9 Å². The molecule has 1 unspecified atom stereocenters. The van der Waals surface area contributed by atoms with Gasteiger partial charge in [-0.25, -0.2) is 4.39 Å². The Morgan fingerprint density at radius 3 is 2.83 bits per heavy atom. The molecule has 18 heavy (non-hydrogen) atoms. The van der Waals surface area contributed by atoms with Gasteiger partial charge in [0.2, 0.25) is 0 Å². The van der Waals surface area contributed by atoms with E-state index in [1.807, 2.05) is 6.07 Å². The third kappa shape index (κ3) is 5.58. The van der Waals surface area contributed by atoms with E-state index in [-0.39, 0.29) is 11.9 Å². The van der Waals surface area contributed by atoms with Gasteiger partial charge in [-0.1, -0.05) is 19.1 Å². The van der Waals surface area contributed by atoms with Gasteiger partial charge in [0, 0.05) is 7.11 Å². The molecule has 0 saturated heterocycles. The van der Waals surface area contributed by atoms with E-state index in [0.29, 0.717) is 19.8 Å². The summed E-state index contributed by atoms with van der Waals surface area (Å²) in [6.07, 6.45) is 1.03. The second-order valence-electron chi connectivity index (χ2n) is 4.13. The summed E-state index contributed by atoms with van der Waals surface area (Å²) in [5.41, 5.74) is 0.917. The predicted molar refractivity (Wildman–Crippen MR) is 70.1 cm³/mol. The quantitative estimate of drug-likeness (QED) is 0.688. The number of ether oxygens (including phenoxy) is 2. The van der Waals surface area contributed by atoms with Crippen LogP contribution in [0.1, 0.15) is 24.9 Å². The van der Waals surface area contributed by atoms with E-state index in [1.165, 1.54) is 6.07 Å². The molecule has 4 heteroatoms. The summed E-state index contributed by atoms with van der Waals surface area (Å²) in [5, 5.41) is 3.36. The molecular formula is C14H22FNO2. The van der Waals surface area contributed by atoms with E-state index < -0.39 is 0 Å². The molecule has 1 aromatic rings. The van der Waals surface area contributed by atoms with Crippen LogP contribution in [0.5, 0.6) is 0 Å². The highest BCUT2D eigenvalue weighted by Crippen LogP contribution is 2.14. The van der Waals surface area contributed by atoms with E-state index in [2.05, 4.69) is 12.2 Å². The maximum Gasteiger partial charge on any atom is 0.123 e. The van der Waals surface area contributed by atoms with Crippen molar-refractivity contribution in [3.05, 3.63) is 35.6 Å². The number of hydrogen-bond acceptors (Lipinski definition) is 3. The Labute approximate surface area is 108 Å². The summed E-state index contributed by atoms with van der Waals surface area (Å²) in [6, 6.07) is 6.66. The molecule has 0 amide bonds. The molecule has 0 fully saturated rings. The molecule has 0 aromatic heterocycles. The second-order valence-corrected chi connectivity index (χ2v) is 4.13. The summed E-state index contributed by atoms with van der Waals surface area (Å²) in [7, 11) is 1.64. The van der Waals surface area contributed by atoms with Gasteiger partial charge in [0.15, 0.2) is 0 Å². The summed E-state index contributed by atoms with van der Waals surface area (Å²) in [6.45, 7) is 4.63. The summed E-state index contributed by atoms with van der Waals surface area (Å²) in [5.74, 6) is -0.215. The molecule has 0 saturated carbocycles. The Morgan fingerprint density at radius 1 is 1.33 bits per heavy atom. The molecule has 0 radical (unpaired) electrons. The molecule has 0 spiro atoms. The highest BCUT2D eigenvalue weighted by Gasteiger charge is 2.11. The Balaban J connectivity index is 2.54. The van der Waals surface area contributed by atoms with Crippen molar-refractivity contribution in [1.82, 2.24) is 5.32 Å². The van der Waals surface area contributed by atoms with Crippen molar-refractivity contribution in [2.45, 2.75) is 19.4 Å². The Morgan fingerprint density at radius 2 is 2.17 bits per heavy atom. The molecule has 1 rings (SSSR count). The standard InChI is InChI=1S/C14H22FNO2/c1-3-7-16-14(11-18-9-8-17-2)12-5-4-6-13(15)10-12/h4-6,10,14,16H,3,7-9,11H2,1-2H3. The molecule has 0 aliphatic carbocycles. The largest absolute Gasteiger partial charge is 0.382 e. The Kier molecular flexibility index (Phi) is 7.57. The maximum atomic E-state index is 13.2. The minimum atomic E-state index is -0.215. The highest BCUT2D eigenvalue weighted by molar-refractivity contribution is 5.20. The van der Waals surface area contributed by atoms with Gasteiger partial charge in [-0.3, -0.25) is 0 Å². The number of methoxy groups -OCH3 is 1. The first kappa shape index (κ1) is 15.1. The van der Waals surface area contributed by atoms with Crippen molar-refractivity contribution in [3.63, 3.8) is 0 Å². The molecule has 102 valence electrons. The van der Waals surface area contributed by atoms with Gasteiger partial charge in [0.25, 0.3) is 0 Å². The van der Waals surface area contributed by atoms with E-state index in [4.69, 9.17) is 9.47 Å². The third-order valence-electron chi connectivity index (χ3n) is 2.61. The second kappa shape index (κ2) is 9.03. The summed E-state index contributed by atoms with van der Waals surface area (Å²) >= 11 is 0.